The number of unbranched alkanes of at least 4 members (excludes halogenated alkanes) is 39. The van der Waals surface area contributed by atoms with Crippen molar-refractivity contribution in [3.05, 3.63) is 0 Å². The van der Waals surface area contributed by atoms with E-state index in [4.69, 9.17) is 37.0 Å². The van der Waals surface area contributed by atoms with Crippen LogP contribution in [0.5, 0.6) is 0 Å². The molecule has 0 rings (SSSR count). The first kappa shape index (κ1) is 95.1. The Hall–Kier alpha value is -1.94. The summed E-state index contributed by atoms with van der Waals surface area (Å²) in [6.07, 6.45) is 52.6. The number of phosphoric acid groups is 2. The second kappa shape index (κ2) is 67.2. The van der Waals surface area contributed by atoms with Crippen LogP contribution in [0.1, 0.15) is 396 Å². The van der Waals surface area contributed by atoms with Gasteiger partial charge in [0, 0.05) is 25.7 Å². The molecule has 3 N–H and O–H groups in total. The zero-order valence-corrected chi connectivity index (χ0v) is 65.5. The second-order valence-corrected chi connectivity index (χ2v) is 32.4. The van der Waals surface area contributed by atoms with Gasteiger partial charge in [0.15, 0.2) is 12.2 Å². The third kappa shape index (κ3) is 69.5. The SMILES string of the molecule is CCC(C)CCCCCCCCCCCCC(=O)OC[C@H](COP(=O)(O)OC[C@@H](O)COP(=O)(O)OC[C@@H](COC(=O)CCCCCCCCCCC(C)CC)OC(=O)CCCCCCCCCCCC(C)C)OC(=O)CCCCCCCCCCCCCCCCCCC(C)C. The molecule has 97 heavy (non-hydrogen) atoms. The van der Waals surface area contributed by atoms with Crippen LogP contribution in [-0.4, -0.2) is 96.7 Å². The zero-order valence-electron chi connectivity index (χ0n) is 63.7. The average molecular weight is 1420 g/mol. The van der Waals surface area contributed by atoms with Crippen LogP contribution in [0.4, 0.5) is 0 Å². The quantitative estimate of drug-likeness (QED) is 0.0222. The van der Waals surface area contributed by atoms with E-state index in [-0.39, 0.29) is 25.7 Å². The molecule has 19 heteroatoms. The number of hydrogen-bond donors (Lipinski definition) is 3. The maximum Gasteiger partial charge on any atom is 0.472 e. The van der Waals surface area contributed by atoms with Crippen LogP contribution in [0.15, 0.2) is 0 Å². The van der Waals surface area contributed by atoms with E-state index in [0.29, 0.717) is 25.7 Å². The van der Waals surface area contributed by atoms with Gasteiger partial charge in [0.1, 0.15) is 19.3 Å². The molecule has 0 spiro atoms. The normalized spacial score (nSPS) is 14.6. The number of esters is 4. The van der Waals surface area contributed by atoms with Crippen molar-refractivity contribution in [1.82, 2.24) is 0 Å². The molecule has 0 aromatic heterocycles. The predicted molar refractivity (Wildman–Crippen MR) is 395 cm³/mol. The van der Waals surface area contributed by atoms with Gasteiger partial charge in [-0.1, -0.05) is 344 Å². The Bertz CT molecular complexity index is 1910. The average Bonchev–Trinajstić information content (AvgIpc) is 1.61. The fourth-order valence-corrected chi connectivity index (χ4v) is 13.4. The Balaban J connectivity index is 5.26. The van der Waals surface area contributed by atoms with Gasteiger partial charge < -0.3 is 33.8 Å². The van der Waals surface area contributed by atoms with Crippen LogP contribution in [0.2, 0.25) is 0 Å². The Kier molecular flexibility index (Phi) is 65.9. The highest BCUT2D eigenvalue weighted by atomic mass is 31.2. The highest BCUT2D eigenvalue weighted by Gasteiger charge is 2.30. The fraction of sp³-hybridized carbons (Fsp3) is 0.949. The van der Waals surface area contributed by atoms with E-state index in [0.717, 1.165) is 114 Å². The summed E-state index contributed by atoms with van der Waals surface area (Å²) in [6, 6.07) is 0. The largest absolute Gasteiger partial charge is 0.472 e. The summed E-state index contributed by atoms with van der Waals surface area (Å²) in [4.78, 5) is 72.9. The summed E-state index contributed by atoms with van der Waals surface area (Å²) in [5.41, 5.74) is 0. The van der Waals surface area contributed by atoms with E-state index < -0.39 is 97.5 Å². The maximum absolute atomic E-state index is 13.1. The van der Waals surface area contributed by atoms with E-state index >= 15 is 0 Å². The number of phosphoric ester groups is 2. The van der Waals surface area contributed by atoms with Gasteiger partial charge in [-0.15, -0.1) is 0 Å². The highest BCUT2D eigenvalue weighted by molar-refractivity contribution is 7.47. The summed E-state index contributed by atoms with van der Waals surface area (Å²) in [5.74, 6) is 1.01. The molecule has 0 radical (unpaired) electrons. The number of hydrogen-bond acceptors (Lipinski definition) is 15. The van der Waals surface area contributed by atoms with E-state index in [1.54, 1.807) is 0 Å². The monoisotopic (exact) mass is 1420 g/mol. The molecular formula is C78H152O17P2. The van der Waals surface area contributed by atoms with Crippen LogP contribution < -0.4 is 0 Å². The molecule has 0 bridgehead atoms. The van der Waals surface area contributed by atoms with E-state index in [1.807, 2.05) is 0 Å². The summed E-state index contributed by atoms with van der Waals surface area (Å²) in [5, 5.41) is 10.6. The fourth-order valence-electron chi connectivity index (χ4n) is 11.8. The summed E-state index contributed by atoms with van der Waals surface area (Å²) < 4.78 is 68.6. The zero-order chi connectivity index (χ0) is 71.7. The maximum atomic E-state index is 13.1. The van der Waals surface area contributed by atoms with Gasteiger partial charge in [-0.3, -0.25) is 37.3 Å². The molecule has 0 heterocycles. The van der Waals surface area contributed by atoms with Crippen molar-refractivity contribution >= 4 is 39.5 Å². The standard InChI is InChI=1S/C78H152O17P2/c1-9-70(7)56-48-40-32-24-19-20-25-34-42-50-58-75(80)88-64-73(94-77(82)60-52-44-36-26-18-16-14-12-11-13-15-17-22-30-38-46-54-68(3)4)66-92-96(84,85)90-62-72(79)63-91-97(86,87)93-67-74(95-78(83)61-53-45-37-27-21-23-31-39-47-55-69(5)6)65-89-76(81)59-51-43-35-29-28-33-41-49-57-71(8)10-2/h68-74,79H,9-67H2,1-8H3,(H,84,85)(H,86,87)/t70?,71?,72-,73-,74-/m1/s1. The van der Waals surface area contributed by atoms with Crippen molar-refractivity contribution in [3.63, 3.8) is 0 Å². The highest BCUT2D eigenvalue weighted by Crippen LogP contribution is 2.45. The molecular weight excluding hydrogens is 1270 g/mol. The third-order valence-corrected chi connectivity index (χ3v) is 20.7. The number of carbonyl (C=O) groups excluding carboxylic acids is 4. The van der Waals surface area contributed by atoms with E-state index in [2.05, 4.69) is 55.4 Å². The van der Waals surface area contributed by atoms with Gasteiger partial charge in [0.05, 0.1) is 26.4 Å². The van der Waals surface area contributed by atoms with Crippen LogP contribution in [0, 0.1) is 23.7 Å². The first-order valence-corrected chi connectivity index (χ1v) is 43.3. The molecule has 576 valence electrons. The first-order valence-electron chi connectivity index (χ1n) is 40.3. The molecule has 4 unspecified atom stereocenters. The molecule has 7 atom stereocenters. The number of rotatable bonds is 75. The van der Waals surface area contributed by atoms with Gasteiger partial charge in [0.2, 0.25) is 0 Å². The molecule has 0 aliphatic rings. The third-order valence-electron chi connectivity index (χ3n) is 18.8. The lowest BCUT2D eigenvalue weighted by Crippen LogP contribution is -2.30. The lowest BCUT2D eigenvalue weighted by atomic mass is 9.99. The Morgan fingerprint density at radius 3 is 0.732 bits per heavy atom. The van der Waals surface area contributed by atoms with E-state index in [1.165, 1.54) is 199 Å². The second-order valence-electron chi connectivity index (χ2n) is 29.5. The molecule has 0 saturated heterocycles. The number of ether oxygens (including phenoxy) is 4. The molecule has 0 amide bonds. The molecule has 0 aromatic carbocycles. The van der Waals surface area contributed by atoms with Crippen LogP contribution in [0.3, 0.4) is 0 Å². The van der Waals surface area contributed by atoms with Crippen molar-refractivity contribution in [1.29, 1.82) is 0 Å². The van der Waals surface area contributed by atoms with Crippen LogP contribution in [-0.2, 0) is 65.4 Å². The van der Waals surface area contributed by atoms with Gasteiger partial charge in [0.25, 0.3) is 0 Å². The van der Waals surface area contributed by atoms with Gasteiger partial charge in [-0.2, -0.15) is 0 Å². The van der Waals surface area contributed by atoms with Crippen molar-refractivity contribution in [3.8, 4) is 0 Å². The summed E-state index contributed by atoms with van der Waals surface area (Å²) in [6.45, 7) is 14.3. The van der Waals surface area contributed by atoms with Gasteiger partial charge >= 0.3 is 39.5 Å². The smallest absolute Gasteiger partial charge is 0.462 e. The lowest BCUT2D eigenvalue weighted by molar-refractivity contribution is -0.161. The van der Waals surface area contributed by atoms with Crippen molar-refractivity contribution in [2.75, 3.05) is 39.6 Å². The molecule has 0 aromatic rings. The Labute approximate surface area is 594 Å². The topological polar surface area (TPSA) is 237 Å². The minimum atomic E-state index is -4.96. The minimum Gasteiger partial charge on any atom is -0.462 e. The van der Waals surface area contributed by atoms with Crippen LogP contribution in [0.25, 0.3) is 0 Å². The van der Waals surface area contributed by atoms with Crippen molar-refractivity contribution in [2.24, 2.45) is 23.7 Å². The van der Waals surface area contributed by atoms with Gasteiger partial charge in [-0.25, -0.2) is 9.13 Å². The molecule has 0 aliphatic heterocycles. The van der Waals surface area contributed by atoms with Crippen molar-refractivity contribution < 1.29 is 80.2 Å². The molecule has 0 fully saturated rings. The first-order chi connectivity index (χ1) is 46.7. The van der Waals surface area contributed by atoms with Crippen molar-refractivity contribution in [2.45, 2.75) is 414 Å². The molecule has 0 saturated carbocycles. The lowest BCUT2D eigenvalue weighted by Gasteiger charge is -2.21. The molecule has 17 nitrogen and oxygen atoms in total. The van der Waals surface area contributed by atoms with E-state index in [9.17, 15) is 43.2 Å². The minimum absolute atomic E-state index is 0.105. The predicted octanol–water partition coefficient (Wildman–Crippen LogP) is 22.8. The Morgan fingerprint density at radius 1 is 0.289 bits per heavy atom. The number of aliphatic hydroxyl groups is 1. The summed E-state index contributed by atoms with van der Waals surface area (Å²) in [7, 11) is -9.92. The van der Waals surface area contributed by atoms with Gasteiger partial charge in [-0.05, 0) is 49.4 Å². The molecule has 0 aliphatic carbocycles. The van der Waals surface area contributed by atoms with Crippen LogP contribution >= 0.6 is 15.6 Å². The number of aliphatic hydroxyl groups excluding tert-OH is 1. The number of carbonyl (C=O) groups is 4. The Morgan fingerprint density at radius 2 is 0.495 bits per heavy atom. The summed E-state index contributed by atoms with van der Waals surface area (Å²) >= 11 is 0.